The van der Waals surface area contributed by atoms with Crippen LogP contribution >= 0.6 is 15.9 Å². The quantitative estimate of drug-likeness (QED) is 0.699. The smallest absolute Gasteiger partial charge is 0.339 e. The Labute approximate surface area is 113 Å². The van der Waals surface area contributed by atoms with Crippen molar-refractivity contribution in [3.8, 4) is 0 Å². The van der Waals surface area contributed by atoms with E-state index in [1.807, 2.05) is 6.07 Å². The molecular weight excluding hydrogens is 296 g/mol. The second kappa shape index (κ2) is 5.64. The lowest BCUT2D eigenvalue weighted by Crippen LogP contribution is -2.07. The third-order valence-corrected chi connectivity index (χ3v) is 3.23. The highest BCUT2D eigenvalue weighted by Crippen LogP contribution is 2.24. The van der Waals surface area contributed by atoms with Crippen molar-refractivity contribution in [2.75, 3.05) is 5.73 Å². The van der Waals surface area contributed by atoms with Crippen LogP contribution in [-0.4, -0.2) is 11.0 Å². The van der Waals surface area contributed by atoms with Crippen LogP contribution in [0.15, 0.2) is 47.2 Å². The van der Waals surface area contributed by atoms with Crippen molar-refractivity contribution in [3.05, 3.63) is 58.3 Å². The third-order valence-electron chi connectivity index (χ3n) is 2.34. The minimum absolute atomic E-state index is 0.188. The number of pyridine rings is 1. The maximum Gasteiger partial charge on any atom is 0.339 e. The summed E-state index contributed by atoms with van der Waals surface area (Å²) in [6, 6.07) is 8.71. The van der Waals surface area contributed by atoms with Gasteiger partial charge in [0.15, 0.2) is 0 Å². The molecule has 1 aromatic carbocycles. The molecule has 4 nitrogen and oxygen atoms in total. The summed E-state index contributed by atoms with van der Waals surface area (Å²) in [6.45, 7) is 0.188. The second-order valence-corrected chi connectivity index (χ2v) is 4.44. The zero-order valence-electron chi connectivity index (χ0n) is 9.47. The van der Waals surface area contributed by atoms with Gasteiger partial charge in [-0.2, -0.15) is 0 Å². The minimum atomic E-state index is -0.418. The molecule has 5 heteroatoms. The lowest BCUT2D eigenvalue weighted by atomic mass is 10.2. The number of nitrogen functional groups attached to an aromatic ring is 1. The van der Waals surface area contributed by atoms with Crippen LogP contribution in [0.1, 0.15) is 15.9 Å². The normalized spacial score (nSPS) is 10.1. The number of esters is 1. The molecule has 2 N–H and O–H groups in total. The van der Waals surface area contributed by atoms with E-state index in [0.29, 0.717) is 15.7 Å². The zero-order valence-corrected chi connectivity index (χ0v) is 11.1. The summed E-state index contributed by atoms with van der Waals surface area (Å²) in [5.41, 5.74) is 7.46. The number of nitrogens with two attached hydrogens (primary N) is 1. The molecule has 2 aromatic rings. The summed E-state index contributed by atoms with van der Waals surface area (Å²) >= 11 is 3.27. The van der Waals surface area contributed by atoms with Crippen LogP contribution < -0.4 is 5.73 Å². The molecule has 0 unspecified atom stereocenters. The molecule has 2 rings (SSSR count). The fourth-order valence-corrected chi connectivity index (χ4v) is 1.84. The van der Waals surface area contributed by atoms with Gasteiger partial charge in [-0.05, 0) is 34.1 Å². The Hall–Kier alpha value is -1.88. The Morgan fingerprint density at radius 3 is 2.89 bits per heavy atom. The van der Waals surface area contributed by atoms with Gasteiger partial charge in [-0.1, -0.05) is 12.1 Å². The molecule has 0 aliphatic rings. The Balaban J connectivity index is 2.07. The molecule has 92 valence electrons. The van der Waals surface area contributed by atoms with Crippen molar-refractivity contribution < 1.29 is 9.53 Å². The molecule has 0 spiro atoms. The van der Waals surface area contributed by atoms with Crippen LogP contribution in [0.3, 0.4) is 0 Å². The van der Waals surface area contributed by atoms with Crippen LogP contribution in [0.4, 0.5) is 5.69 Å². The number of nitrogens with zero attached hydrogens (tertiary/aromatic N) is 1. The number of carbonyl (C=O) groups excluding carboxylic acids is 1. The van der Waals surface area contributed by atoms with Gasteiger partial charge < -0.3 is 10.5 Å². The molecule has 0 aliphatic heterocycles. The number of hydrogen-bond acceptors (Lipinski definition) is 4. The first-order valence-electron chi connectivity index (χ1n) is 5.28. The zero-order chi connectivity index (χ0) is 13.0. The molecule has 0 saturated carbocycles. The van der Waals surface area contributed by atoms with E-state index in [4.69, 9.17) is 10.5 Å². The molecule has 0 bridgehead atoms. The van der Waals surface area contributed by atoms with Crippen molar-refractivity contribution >= 4 is 27.6 Å². The number of benzene rings is 1. The van der Waals surface area contributed by atoms with Crippen molar-refractivity contribution in [1.82, 2.24) is 4.98 Å². The van der Waals surface area contributed by atoms with Crippen molar-refractivity contribution in [3.63, 3.8) is 0 Å². The molecule has 0 amide bonds. The highest BCUT2D eigenvalue weighted by Gasteiger charge is 2.13. The van der Waals surface area contributed by atoms with E-state index < -0.39 is 5.97 Å². The van der Waals surface area contributed by atoms with E-state index in [1.165, 1.54) is 0 Å². The van der Waals surface area contributed by atoms with Gasteiger partial charge in [0.2, 0.25) is 0 Å². The van der Waals surface area contributed by atoms with Crippen LogP contribution in [0, 0.1) is 0 Å². The first-order valence-corrected chi connectivity index (χ1v) is 6.08. The maximum atomic E-state index is 11.9. The first kappa shape index (κ1) is 12.6. The second-order valence-electron chi connectivity index (χ2n) is 3.65. The maximum absolute atomic E-state index is 11.9. The number of carbonyl (C=O) groups is 1. The van der Waals surface area contributed by atoms with Crippen molar-refractivity contribution in [2.24, 2.45) is 0 Å². The summed E-state index contributed by atoms with van der Waals surface area (Å²) in [7, 11) is 0. The number of aromatic nitrogens is 1. The van der Waals surface area contributed by atoms with Crippen molar-refractivity contribution in [2.45, 2.75) is 6.61 Å². The Bertz CT molecular complexity index is 558. The monoisotopic (exact) mass is 306 g/mol. The highest BCUT2D eigenvalue weighted by atomic mass is 79.9. The lowest BCUT2D eigenvalue weighted by molar-refractivity contribution is 0.0471. The largest absolute Gasteiger partial charge is 0.457 e. The number of rotatable bonds is 3. The molecule has 18 heavy (non-hydrogen) atoms. The van der Waals surface area contributed by atoms with Gasteiger partial charge in [-0.3, -0.25) is 4.98 Å². The Morgan fingerprint density at radius 2 is 2.17 bits per heavy atom. The molecule has 0 aliphatic carbocycles. The standard InChI is InChI=1S/C13H11BrN2O2/c14-12-10(4-1-5-11(12)15)13(17)18-8-9-3-2-6-16-7-9/h1-7H,8,15H2. The van der Waals surface area contributed by atoms with E-state index in [2.05, 4.69) is 20.9 Å². The van der Waals surface area contributed by atoms with Gasteiger partial charge in [0, 0.05) is 23.6 Å². The Kier molecular flexibility index (Phi) is 3.94. The van der Waals surface area contributed by atoms with E-state index in [9.17, 15) is 4.79 Å². The fraction of sp³-hybridized carbons (Fsp3) is 0.0769. The number of hydrogen-bond donors (Lipinski definition) is 1. The van der Waals surface area contributed by atoms with Crippen LogP contribution in [-0.2, 0) is 11.3 Å². The van der Waals surface area contributed by atoms with E-state index in [-0.39, 0.29) is 6.61 Å². The van der Waals surface area contributed by atoms with Crippen LogP contribution in [0.25, 0.3) is 0 Å². The van der Waals surface area contributed by atoms with E-state index >= 15 is 0 Å². The lowest BCUT2D eigenvalue weighted by Gasteiger charge is -2.07. The number of ether oxygens (including phenoxy) is 1. The van der Waals surface area contributed by atoms with Gasteiger partial charge in [0.1, 0.15) is 6.61 Å². The topological polar surface area (TPSA) is 65.2 Å². The first-order chi connectivity index (χ1) is 8.68. The SMILES string of the molecule is Nc1cccc(C(=O)OCc2cccnc2)c1Br. The fourth-order valence-electron chi connectivity index (χ4n) is 1.42. The predicted molar refractivity (Wildman–Crippen MR) is 71.9 cm³/mol. The highest BCUT2D eigenvalue weighted by molar-refractivity contribution is 9.10. The molecule has 0 fully saturated rings. The molecule has 0 atom stereocenters. The predicted octanol–water partition coefficient (Wildman–Crippen LogP) is 2.78. The van der Waals surface area contributed by atoms with Crippen molar-refractivity contribution in [1.29, 1.82) is 0 Å². The van der Waals surface area contributed by atoms with Gasteiger partial charge >= 0.3 is 5.97 Å². The molecule has 1 heterocycles. The molecular formula is C13H11BrN2O2. The Morgan fingerprint density at radius 1 is 1.33 bits per heavy atom. The van der Waals surface area contributed by atoms with E-state index in [1.54, 1.807) is 36.7 Å². The number of halogens is 1. The summed E-state index contributed by atoms with van der Waals surface area (Å²) in [5, 5.41) is 0. The van der Waals surface area contributed by atoms with Crippen LogP contribution in [0.2, 0.25) is 0 Å². The molecule has 1 aromatic heterocycles. The average Bonchev–Trinajstić information content (AvgIpc) is 2.40. The van der Waals surface area contributed by atoms with Gasteiger partial charge in [0.05, 0.1) is 10.0 Å². The summed E-state index contributed by atoms with van der Waals surface area (Å²) < 4.78 is 5.74. The van der Waals surface area contributed by atoms with E-state index in [0.717, 1.165) is 5.56 Å². The summed E-state index contributed by atoms with van der Waals surface area (Å²) in [5.74, 6) is -0.418. The van der Waals surface area contributed by atoms with Gasteiger partial charge in [-0.25, -0.2) is 4.79 Å². The summed E-state index contributed by atoms with van der Waals surface area (Å²) in [6.07, 6.45) is 3.32. The summed E-state index contributed by atoms with van der Waals surface area (Å²) in [4.78, 5) is 15.8. The minimum Gasteiger partial charge on any atom is -0.457 e. The third kappa shape index (κ3) is 2.87. The van der Waals surface area contributed by atoms with Crippen LogP contribution in [0.5, 0.6) is 0 Å². The average molecular weight is 307 g/mol. The molecule has 0 saturated heterocycles. The molecule has 0 radical (unpaired) electrons. The number of anilines is 1. The van der Waals surface area contributed by atoms with Gasteiger partial charge in [0.25, 0.3) is 0 Å². The van der Waals surface area contributed by atoms with Gasteiger partial charge in [-0.15, -0.1) is 0 Å².